The van der Waals surface area contributed by atoms with Crippen molar-refractivity contribution in [3.05, 3.63) is 63.2 Å². The Morgan fingerprint density at radius 2 is 1.91 bits per heavy atom. The van der Waals surface area contributed by atoms with Gasteiger partial charge in [-0.05, 0) is 56.7 Å². The maximum absolute atomic E-state index is 13.4. The van der Waals surface area contributed by atoms with Crippen LogP contribution >= 0.6 is 11.6 Å². The Labute approximate surface area is 196 Å². The fourth-order valence-corrected chi connectivity index (χ4v) is 3.93. The van der Waals surface area contributed by atoms with E-state index in [1.165, 1.54) is 17.0 Å². The first-order chi connectivity index (χ1) is 15.7. The van der Waals surface area contributed by atoms with Gasteiger partial charge in [0.1, 0.15) is 16.8 Å². The Balaban J connectivity index is 1.94. The Bertz CT molecular complexity index is 1090. The van der Waals surface area contributed by atoms with E-state index < -0.39 is 40.4 Å². The maximum atomic E-state index is 13.4. The minimum Gasteiger partial charge on any atom is -0.494 e. The second kappa shape index (κ2) is 9.99. The van der Waals surface area contributed by atoms with Crippen LogP contribution in [-0.2, 0) is 9.59 Å². The van der Waals surface area contributed by atoms with Gasteiger partial charge in [-0.2, -0.15) is 0 Å². The zero-order chi connectivity index (χ0) is 24.3. The van der Waals surface area contributed by atoms with Gasteiger partial charge in [-0.25, -0.2) is 4.90 Å². The number of nitro groups is 1. The van der Waals surface area contributed by atoms with Gasteiger partial charge in [0.25, 0.3) is 17.5 Å². The van der Waals surface area contributed by atoms with Crippen LogP contribution in [0.3, 0.4) is 0 Å². The van der Waals surface area contributed by atoms with Crippen molar-refractivity contribution >= 4 is 40.7 Å². The first-order valence-corrected chi connectivity index (χ1v) is 10.9. The molecule has 0 aliphatic carbocycles. The van der Waals surface area contributed by atoms with Crippen LogP contribution < -0.4 is 9.64 Å². The number of carbonyl (C=O) groups excluding carboxylic acids is 3. The average Bonchev–Trinajstić information content (AvgIpc) is 3.08. The molecule has 2 unspecified atom stereocenters. The molecule has 0 aromatic heterocycles. The van der Waals surface area contributed by atoms with Crippen LogP contribution in [0.4, 0.5) is 11.4 Å². The minimum atomic E-state index is -1.03. The fraction of sp³-hybridized carbons (Fsp3) is 0.348. The zero-order valence-corrected chi connectivity index (χ0v) is 19.2. The Morgan fingerprint density at radius 1 is 1.24 bits per heavy atom. The maximum Gasteiger partial charge on any atom is 0.288 e. The van der Waals surface area contributed by atoms with Crippen LogP contribution in [-0.4, -0.2) is 46.2 Å². The quantitative estimate of drug-likeness (QED) is 0.322. The van der Waals surface area contributed by atoms with Gasteiger partial charge < -0.3 is 9.64 Å². The molecule has 10 heteroatoms. The van der Waals surface area contributed by atoms with E-state index in [1.54, 1.807) is 31.2 Å². The number of hydrogen-bond acceptors (Lipinski definition) is 6. The third-order valence-corrected chi connectivity index (χ3v) is 5.87. The van der Waals surface area contributed by atoms with Crippen molar-refractivity contribution in [1.29, 1.82) is 0 Å². The third kappa shape index (κ3) is 4.83. The molecule has 1 aliphatic rings. The molecule has 1 saturated heterocycles. The second-order valence-corrected chi connectivity index (χ2v) is 8.01. The number of ether oxygens (including phenoxy) is 1. The highest BCUT2D eigenvalue weighted by atomic mass is 35.5. The number of anilines is 1. The molecule has 2 atom stereocenters. The third-order valence-electron chi connectivity index (χ3n) is 5.55. The minimum absolute atomic E-state index is 0.0196. The molecule has 3 amide bonds. The molecule has 2 aromatic rings. The van der Waals surface area contributed by atoms with Crippen LogP contribution in [0, 0.1) is 10.1 Å². The van der Waals surface area contributed by atoms with Crippen molar-refractivity contribution in [2.75, 3.05) is 11.5 Å². The molecule has 174 valence electrons. The van der Waals surface area contributed by atoms with Gasteiger partial charge in [0.2, 0.25) is 5.91 Å². The van der Waals surface area contributed by atoms with Crippen molar-refractivity contribution in [2.45, 2.75) is 45.7 Å². The topological polar surface area (TPSA) is 110 Å². The van der Waals surface area contributed by atoms with Crippen molar-refractivity contribution < 1.29 is 24.0 Å². The van der Waals surface area contributed by atoms with Gasteiger partial charge >= 0.3 is 0 Å². The first kappa shape index (κ1) is 24.2. The van der Waals surface area contributed by atoms with E-state index in [2.05, 4.69) is 0 Å². The summed E-state index contributed by atoms with van der Waals surface area (Å²) in [5.74, 6) is -0.930. The standard InChI is InChI=1S/C23H24ClN3O6/c1-4-14(3)25(22(29)15-6-11-18(24)19(12-15)27(31)32)20-13-21(28)26(23(20)30)16-7-9-17(10-8-16)33-5-2/h6-12,14,20H,4-5,13H2,1-3H3. The van der Waals surface area contributed by atoms with Crippen LogP contribution in [0.1, 0.15) is 44.0 Å². The summed E-state index contributed by atoms with van der Waals surface area (Å²) >= 11 is 5.87. The van der Waals surface area contributed by atoms with Crippen LogP contribution in [0.15, 0.2) is 42.5 Å². The molecular weight excluding hydrogens is 450 g/mol. The molecule has 0 N–H and O–H groups in total. The summed E-state index contributed by atoms with van der Waals surface area (Å²) < 4.78 is 5.40. The van der Waals surface area contributed by atoms with Crippen LogP contribution in [0.2, 0.25) is 5.02 Å². The number of halogens is 1. The Morgan fingerprint density at radius 3 is 2.48 bits per heavy atom. The number of amides is 3. The molecular formula is C23H24ClN3O6. The Kier molecular flexibility index (Phi) is 7.33. The highest BCUT2D eigenvalue weighted by Gasteiger charge is 2.45. The van der Waals surface area contributed by atoms with Gasteiger partial charge in [-0.15, -0.1) is 0 Å². The monoisotopic (exact) mass is 473 g/mol. The van der Waals surface area contributed by atoms with Crippen molar-refractivity contribution in [3.8, 4) is 5.75 Å². The first-order valence-electron chi connectivity index (χ1n) is 10.6. The van der Waals surface area contributed by atoms with E-state index in [9.17, 15) is 24.5 Å². The zero-order valence-electron chi connectivity index (χ0n) is 18.5. The Hall–Kier alpha value is -3.46. The number of imide groups is 1. The highest BCUT2D eigenvalue weighted by molar-refractivity contribution is 6.32. The number of rotatable bonds is 8. The number of benzene rings is 2. The van der Waals surface area contributed by atoms with E-state index in [0.717, 1.165) is 11.0 Å². The molecule has 0 saturated carbocycles. The molecule has 3 rings (SSSR count). The number of hydrogen-bond donors (Lipinski definition) is 0. The predicted molar refractivity (Wildman–Crippen MR) is 123 cm³/mol. The van der Waals surface area contributed by atoms with E-state index >= 15 is 0 Å². The number of nitro benzene ring substituents is 1. The highest BCUT2D eigenvalue weighted by Crippen LogP contribution is 2.31. The molecule has 1 fully saturated rings. The van der Waals surface area contributed by atoms with Crippen molar-refractivity contribution in [3.63, 3.8) is 0 Å². The van der Waals surface area contributed by atoms with E-state index in [4.69, 9.17) is 16.3 Å². The van der Waals surface area contributed by atoms with E-state index in [1.807, 2.05) is 13.8 Å². The average molecular weight is 474 g/mol. The summed E-state index contributed by atoms with van der Waals surface area (Å²) in [4.78, 5) is 52.5. The van der Waals surface area contributed by atoms with E-state index in [-0.39, 0.29) is 17.0 Å². The molecule has 0 spiro atoms. The summed E-state index contributed by atoms with van der Waals surface area (Å²) in [6.07, 6.45) is 0.334. The lowest BCUT2D eigenvalue weighted by molar-refractivity contribution is -0.384. The molecule has 1 aliphatic heterocycles. The van der Waals surface area contributed by atoms with Gasteiger partial charge in [-0.3, -0.25) is 24.5 Å². The summed E-state index contributed by atoms with van der Waals surface area (Å²) in [5, 5.41) is 11.2. The summed E-state index contributed by atoms with van der Waals surface area (Å²) in [6.45, 7) is 5.94. The van der Waals surface area contributed by atoms with Crippen molar-refractivity contribution in [1.82, 2.24) is 4.90 Å². The van der Waals surface area contributed by atoms with Crippen LogP contribution in [0.5, 0.6) is 5.75 Å². The molecule has 9 nitrogen and oxygen atoms in total. The lowest BCUT2D eigenvalue weighted by atomic mass is 10.1. The van der Waals surface area contributed by atoms with Gasteiger partial charge in [0, 0.05) is 17.7 Å². The molecule has 2 aromatic carbocycles. The summed E-state index contributed by atoms with van der Waals surface area (Å²) in [7, 11) is 0. The predicted octanol–water partition coefficient (Wildman–Crippen LogP) is 4.22. The number of nitrogens with zero attached hydrogens (tertiary/aromatic N) is 3. The molecule has 0 bridgehead atoms. The smallest absolute Gasteiger partial charge is 0.288 e. The molecule has 0 radical (unpaired) electrons. The van der Waals surface area contributed by atoms with Crippen molar-refractivity contribution in [2.24, 2.45) is 0 Å². The largest absolute Gasteiger partial charge is 0.494 e. The lowest BCUT2D eigenvalue weighted by Crippen LogP contribution is -2.49. The molecule has 33 heavy (non-hydrogen) atoms. The van der Waals surface area contributed by atoms with Gasteiger partial charge in [-0.1, -0.05) is 18.5 Å². The van der Waals surface area contributed by atoms with Gasteiger partial charge in [0.15, 0.2) is 0 Å². The van der Waals surface area contributed by atoms with Gasteiger partial charge in [0.05, 0.1) is 23.6 Å². The fourth-order valence-electron chi connectivity index (χ4n) is 3.74. The second-order valence-electron chi connectivity index (χ2n) is 7.61. The normalized spacial score (nSPS) is 16.6. The van der Waals surface area contributed by atoms with Crippen LogP contribution in [0.25, 0.3) is 0 Å². The van der Waals surface area contributed by atoms with E-state index in [0.29, 0.717) is 24.5 Å². The SMILES string of the molecule is CCOc1ccc(N2C(=O)CC(N(C(=O)c3ccc(Cl)c([N+](=O)[O-])c3)C(C)CC)C2=O)cc1. The summed E-state index contributed by atoms with van der Waals surface area (Å²) in [5.41, 5.74) is -0.00254. The number of carbonyl (C=O) groups is 3. The lowest BCUT2D eigenvalue weighted by Gasteiger charge is -2.33. The summed E-state index contributed by atoms with van der Waals surface area (Å²) in [6, 6.07) is 8.87. The molecule has 1 heterocycles.